The molecule has 0 saturated heterocycles. The van der Waals surface area contributed by atoms with E-state index in [0.29, 0.717) is 0 Å². The van der Waals surface area contributed by atoms with Crippen LogP contribution in [0.4, 0.5) is 17.1 Å². The van der Waals surface area contributed by atoms with Crippen molar-refractivity contribution in [2.45, 2.75) is 13.1 Å². The van der Waals surface area contributed by atoms with E-state index in [2.05, 4.69) is 107 Å². The van der Waals surface area contributed by atoms with Crippen molar-refractivity contribution < 1.29 is 0 Å². The molecule has 0 N–H and O–H groups in total. The molecule has 1 aliphatic rings. The van der Waals surface area contributed by atoms with E-state index in [4.69, 9.17) is 4.98 Å². The fourth-order valence-electron chi connectivity index (χ4n) is 4.75. The normalized spacial score (nSPS) is 13.9. The highest BCUT2D eigenvalue weighted by atomic mass is 32.1. The Bertz CT molecular complexity index is 1390. The highest BCUT2D eigenvalue weighted by Crippen LogP contribution is 2.38. The highest BCUT2D eigenvalue weighted by Gasteiger charge is 2.38. The van der Waals surface area contributed by atoms with Gasteiger partial charge in [-0.25, -0.2) is 4.98 Å². The zero-order valence-electron chi connectivity index (χ0n) is 18.6. The van der Waals surface area contributed by atoms with E-state index < -0.39 is 8.07 Å². The molecule has 6 rings (SSSR count). The first-order chi connectivity index (χ1) is 16.1. The fraction of sp³-hybridized carbons (Fsp3) is 0.0714. The quantitative estimate of drug-likeness (QED) is 0.288. The Morgan fingerprint density at radius 3 is 1.85 bits per heavy atom. The number of para-hydroxylation sites is 2. The molecule has 0 fully saturated rings. The Hall–Kier alpha value is -3.54. The maximum absolute atomic E-state index is 4.78. The molecule has 2 heterocycles. The molecule has 5 heteroatoms. The molecule has 1 aromatic heterocycles. The Kier molecular flexibility index (Phi) is 4.75. The maximum atomic E-state index is 4.78. The lowest BCUT2D eigenvalue weighted by molar-refractivity contribution is 1.28. The summed E-state index contributed by atoms with van der Waals surface area (Å²) in [6.45, 7) is 4.90. The minimum atomic E-state index is -1.76. The van der Waals surface area contributed by atoms with Crippen molar-refractivity contribution in [3.8, 4) is 22.0 Å². The van der Waals surface area contributed by atoms with E-state index in [-0.39, 0.29) is 0 Å². The Labute approximate surface area is 199 Å². The van der Waals surface area contributed by atoms with Crippen LogP contribution in [0, 0.1) is 0 Å². The molecular weight excluding hydrogens is 438 g/mol. The highest BCUT2D eigenvalue weighted by molar-refractivity contribution is 7.09. The second kappa shape index (κ2) is 7.80. The lowest BCUT2D eigenvalue weighted by Crippen LogP contribution is -2.58. The van der Waals surface area contributed by atoms with Crippen LogP contribution in [-0.2, 0) is 0 Å². The second-order valence-electron chi connectivity index (χ2n) is 8.83. The molecule has 0 spiro atoms. The fourth-order valence-corrected chi connectivity index (χ4v) is 8.42. The van der Waals surface area contributed by atoms with Crippen molar-refractivity contribution >= 4 is 47.0 Å². The van der Waals surface area contributed by atoms with Gasteiger partial charge in [0.2, 0.25) is 0 Å². The first kappa shape index (κ1) is 20.1. The summed E-state index contributed by atoms with van der Waals surface area (Å²) in [4.78, 5) is 7.18. The van der Waals surface area contributed by atoms with Gasteiger partial charge < -0.3 is 4.90 Å². The summed E-state index contributed by atoms with van der Waals surface area (Å²) < 4.78 is 4.62. The van der Waals surface area contributed by atoms with Gasteiger partial charge in [-0.1, -0.05) is 79.8 Å². The molecule has 0 saturated carbocycles. The van der Waals surface area contributed by atoms with Crippen molar-refractivity contribution in [2.75, 3.05) is 4.90 Å². The molecule has 0 radical (unpaired) electrons. The number of anilines is 3. The third-order valence-electron chi connectivity index (χ3n) is 6.47. The second-order valence-corrected chi connectivity index (χ2v) is 13.9. The van der Waals surface area contributed by atoms with Crippen LogP contribution in [0.25, 0.3) is 22.0 Å². The van der Waals surface area contributed by atoms with Crippen molar-refractivity contribution in [3.05, 3.63) is 103 Å². The number of hydrogen-bond acceptors (Lipinski definition) is 4. The molecule has 160 valence electrons. The number of benzene rings is 4. The van der Waals surface area contributed by atoms with Gasteiger partial charge in [-0.15, -0.1) is 0 Å². The molecular formula is C28H23N3SSi. The summed E-state index contributed by atoms with van der Waals surface area (Å²) >= 11 is 1.44. The summed E-state index contributed by atoms with van der Waals surface area (Å²) in [7, 11) is -1.76. The first-order valence-corrected chi connectivity index (χ1v) is 14.9. The smallest absolute Gasteiger partial charge is 0.173 e. The van der Waals surface area contributed by atoms with Gasteiger partial charge in [0.25, 0.3) is 0 Å². The molecule has 33 heavy (non-hydrogen) atoms. The Morgan fingerprint density at radius 1 is 0.636 bits per heavy atom. The Balaban J connectivity index is 1.40. The molecule has 0 unspecified atom stereocenters. The largest absolute Gasteiger partial charge is 0.311 e. The molecule has 0 amide bonds. The van der Waals surface area contributed by atoms with E-state index >= 15 is 0 Å². The van der Waals surface area contributed by atoms with Crippen LogP contribution < -0.4 is 15.3 Å². The summed E-state index contributed by atoms with van der Waals surface area (Å²) in [5.74, 6) is 0.776. The van der Waals surface area contributed by atoms with Crippen LogP contribution in [0.1, 0.15) is 0 Å². The number of fused-ring (bicyclic) bond motifs is 2. The van der Waals surface area contributed by atoms with E-state index in [1.165, 1.54) is 33.3 Å². The summed E-state index contributed by atoms with van der Waals surface area (Å²) in [5, 5.41) is 3.89. The minimum absolute atomic E-state index is 0.776. The molecule has 0 atom stereocenters. The zero-order chi connectivity index (χ0) is 22.4. The van der Waals surface area contributed by atoms with Crippen LogP contribution in [0.15, 0.2) is 103 Å². The van der Waals surface area contributed by atoms with Crippen LogP contribution in [0.3, 0.4) is 0 Å². The Morgan fingerprint density at radius 2 is 1.21 bits per heavy atom. The minimum Gasteiger partial charge on any atom is -0.311 e. The first-order valence-electron chi connectivity index (χ1n) is 11.1. The molecule has 0 bridgehead atoms. The van der Waals surface area contributed by atoms with Gasteiger partial charge >= 0.3 is 0 Å². The molecule has 1 aliphatic heterocycles. The molecule has 3 nitrogen and oxygen atoms in total. The van der Waals surface area contributed by atoms with Crippen LogP contribution in [-0.4, -0.2) is 17.4 Å². The van der Waals surface area contributed by atoms with Gasteiger partial charge in [0.15, 0.2) is 5.82 Å². The van der Waals surface area contributed by atoms with Crippen LogP contribution in [0.2, 0.25) is 13.1 Å². The van der Waals surface area contributed by atoms with Gasteiger partial charge in [0.1, 0.15) is 13.1 Å². The van der Waals surface area contributed by atoms with Gasteiger partial charge in [-0.2, -0.15) is 4.37 Å². The summed E-state index contributed by atoms with van der Waals surface area (Å²) in [6.07, 6.45) is 0. The summed E-state index contributed by atoms with van der Waals surface area (Å²) in [6, 6.07) is 36.6. The van der Waals surface area contributed by atoms with E-state index in [9.17, 15) is 0 Å². The van der Waals surface area contributed by atoms with Crippen molar-refractivity contribution in [1.29, 1.82) is 0 Å². The lowest BCUT2D eigenvalue weighted by Gasteiger charge is -2.41. The predicted octanol–water partition coefficient (Wildman–Crippen LogP) is 6.48. The van der Waals surface area contributed by atoms with Gasteiger partial charge in [-0.05, 0) is 58.3 Å². The van der Waals surface area contributed by atoms with Crippen molar-refractivity contribution in [3.63, 3.8) is 0 Å². The monoisotopic (exact) mass is 461 g/mol. The van der Waals surface area contributed by atoms with Gasteiger partial charge in [0, 0.05) is 28.2 Å². The number of nitrogens with zero attached hydrogens (tertiary/aromatic N) is 3. The van der Waals surface area contributed by atoms with Gasteiger partial charge in [-0.3, -0.25) is 0 Å². The van der Waals surface area contributed by atoms with E-state index in [1.807, 2.05) is 18.2 Å². The molecule has 4 aromatic carbocycles. The average molecular weight is 462 g/mol. The SMILES string of the molecule is C[Si]1(C)c2ccccc2N(c2ccc(-c3nsc(-c4ccccc4)n3)cc2)c2ccccc21. The molecule has 0 aliphatic carbocycles. The van der Waals surface area contributed by atoms with Gasteiger partial charge in [0.05, 0.1) is 0 Å². The van der Waals surface area contributed by atoms with Crippen molar-refractivity contribution in [1.82, 2.24) is 9.36 Å². The van der Waals surface area contributed by atoms with E-state index in [1.54, 1.807) is 0 Å². The third kappa shape index (κ3) is 3.32. The number of hydrogen-bond donors (Lipinski definition) is 0. The average Bonchev–Trinajstić information content (AvgIpc) is 3.36. The van der Waals surface area contributed by atoms with E-state index in [0.717, 1.165) is 27.6 Å². The maximum Gasteiger partial charge on any atom is 0.173 e. The lowest BCUT2D eigenvalue weighted by atomic mass is 10.1. The number of rotatable bonds is 3. The number of aromatic nitrogens is 2. The predicted molar refractivity (Wildman–Crippen MR) is 142 cm³/mol. The standard InChI is InChI=1S/C28H23N3SSi/c1-33(2)25-14-8-6-12-23(25)31(24-13-7-9-15-26(24)33)22-18-16-20(17-19-22)27-29-28(32-30-27)21-10-4-3-5-11-21/h3-19H,1-2H3. The van der Waals surface area contributed by atoms with Crippen LogP contribution in [0.5, 0.6) is 0 Å². The zero-order valence-corrected chi connectivity index (χ0v) is 20.4. The topological polar surface area (TPSA) is 29.0 Å². The molecule has 5 aromatic rings. The van der Waals surface area contributed by atoms with Crippen LogP contribution >= 0.6 is 11.5 Å². The van der Waals surface area contributed by atoms with Crippen molar-refractivity contribution in [2.24, 2.45) is 0 Å². The third-order valence-corrected chi connectivity index (χ3v) is 10.8. The summed E-state index contributed by atoms with van der Waals surface area (Å²) in [5.41, 5.74) is 5.87.